The number of carbonyl (C=O) groups is 1. The molecule has 2 aromatic rings. The van der Waals surface area contributed by atoms with Gasteiger partial charge in [0.1, 0.15) is 0 Å². The molecule has 0 spiro atoms. The van der Waals surface area contributed by atoms with Crippen LogP contribution >= 0.6 is 0 Å². The van der Waals surface area contributed by atoms with Gasteiger partial charge in [-0.3, -0.25) is 4.68 Å². The number of hydrogen-bond acceptors (Lipinski definition) is 3. The Kier molecular flexibility index (Phi) is 2.04. The number of hydrogen-bond donors (Lipinski definition) is 1. The van der Waals surface area contributed by atoms with E-state index in [1.54, 1.807) is 9.36 Å². The van der Waals surface area contributed by atoms with Gasteiger partial charge in [-0.05, 0) is 19.3 Å². The van der Waals surface area contributed by atoms with Gasteiger partial charge in [0.05, 0.1) is 5.69 Å². The average Bonchev–Trinajstić information content (AvgIpc) is 2.90. The zero-order valence-electron chi connectivity index (χ0n) is 9.42. The van der Waals surface area contributed by atoms with Crippen LogP contribution in [0.2, 0.25) is 0 Å². The fourth-order valence-corrected chi connectivity index (χ4v) is 2.31. The predicted molar refractivity (Wildman–Crippen MR) is 59.3 cm³/mol. The van der Waals surface area contributed by atoms with Crippen LogP contribution in [0.1, 0.15) is 28.2 Å². The molecule has 17 heavy (non-hydrogen) atoms. The molecule has 0 radical (unpaired) electrons. The van der Waals surface area contributed by atoms with Gasteiger partial charge in [-0.25, -0.2) is 9.48 Å². The lowest BCUT2D eigenvalue weighted by atomic mass is 10.2. The number of carboxylic acids is 1. The molecule has 0 saturated carbocycles. The summed E-state index contributed by atoms with van der Waals surface area (Å²) in [5.41, 5.74) is 2.02. The third-order valence-electron chi connectivity index (χ3n) is 3.05. The van der Waals surface area contributed by atoms with Gasteiger partial charge in [0.25, 0.3) is 0 Å². The third-order valence-corrected chi connectivity index (χ3v) is 3.05. The summed E-state index contributed by atoms with van der Waals surface area (Å²) in [7, 11) is 1.82. The van der Waals surface area contributed by atoms with Crippen LogP contribution in [0.25, 0.3) is 5.82 Å². The number of aromatic nitrogens is 4. The molecule has 0 saturated heterocycles. The van der Waals surface area contributed by atoms with Gasteiger partial charge in [-0.2, -0.15) is 10.2 Å². The van der Waals surface area contributed by atoms with Crippen molar-refractivity contribution in [2.45, 2.75) is 19.3 Å². The van der Waals surface area contributed by atoms with Gasteiger partial charge < -0.3 is 5.11 Å². The first kappa shape index (κ1) is 10.1. The van der Waals surface area contributed by atoms with Gasteiger partial charge >= 0.3 is 5.97 Å². The van der Waals surface area contributed by atoms with E-state index >= 15 is 0 Å². The predicted octanol–water partition coefficient (Wildman–Crippen LogP) is 0.793. The van der Waals surface area contributed by atoms with E-state index in [9.17, 15) is 4.79 Å². The lowest BCUT2D eigenvalue weighted by molar-refractivity contribution is 0.0689. The highest BCUT2D eigenvalue weighted by Crippen LogP contribution is 2.27. The standard InChI is InChI=1S/C11H12N4O2/c1-14-6-5-9(12-14)15-8-4-2-3-7(8)10(13-15)11(16)17/h5-6H,2-4H2,1H3,(H,16,17). The molecular weight excluding hydrogens is 220 g/mol. The molecular formula is C11H12N4O2. The summed E-state index contributed by atoms with van der Waals surface area (Å²) in [4.78, 5) is 11.1. The van der Waals surface area contributed by atoms with Crippen molar-refractivity contribution in [3.63, 3.8) is 0 Å². The summed E-state index contributed by atoms with van der Waals surface area (Å²) in [5.74, 6) is -0.281. The van der Waals surface area contributed by atoms with Crippen LogP contribution in [0.5, 0.6) is 0 Å². The van der Waals surface area contributed by atoms with E-state index in [4.69, 9.17) is 5.11 Å². The van der Waals surface area contributed by atoms with Crippen LogP contribution in [-0.2, 0) is 19.9 Å². The number of rotatable bonds is 2. The van der Waals surface area contributed by atoms with Gasteiger partial charge in [-0.15, -0.1) is 0 Å². The molecule has 88 valence electrons. The Morgan fingerprint density at radius 3 is 2.88 bits per heavy atom. The molecule has 1 aliphatic carbocycles. The highest BCUT2D eigenvalue weighted by Gasteiger charge is 2.27. The van der Waals surface area contributed by atoms with Crippen molar-refractivity contribution >= 4 is 5.97 Å². The summed E-state index contributed by atoms with van der Waals surface area (Å²) in [6.07, 6.45) is 4.47. The Morgan fingerprint density at radius 1 is 1.41 bits per heavy atom. The van der Waals surface area contributed by atoms with Crippen molar-refractivity contribution in [3.05, 3.63) is 29.2 Å². The van der Waals surface area contributed by atoms with Crippen molar-refractivity contribution in [2.24, 2.45) is 7.05 Å². The molecule has 0 bridgehead atoms. The maximum absolute atomic E-state index is 11.1. The van der Waals surface area contributed by atoms with Crippen LogP contribution in [0, 0.1) is 0 Å². The summed E-state index contributed by atoms with van der Waals surface area (Å²) in [6, 6.07) is 1.83. The lowest BCUT2D eigenvalue weighted by Crippen LogP contribution is -2.05. The normalized spacial score (nSPS) is 13.9. The number of carboxylic acid groups (broad SMARTS) is 1. The topological polar surface area (TPSA) is 72.9 Å². The van der Waals surface area contributed by atoms with E-state index in [1.807, 2.05) is 19.3 Å². The molecule has 0 aromatic carbocycles. The van der Waals surface area contributed by atoms with Crippen molar-refractivity contribution in [1.82, 2.24) is 19.6 Å². The van der Waals surface area contributed by atoms with Crippen LogP contribution in [0.15, 0.2) is 12.3 Å². The number of aromatic carboxylic acids is 1. The second-order valence-electron chi connectivity index (χ2n) is 4.19. The summed E-state index contributed by atoms with van der Waals surface area (Å²) >= 11 is 0. The Morgan fingerprint density at radius 2 is 2.24 bits per heavy atom. The maximum Gasteiger partial charge on any atom is 0.356 e. The molecule has 0 amide bonds. The van der Waals surface area contributed by atoms with Gasteiger partial charge in [0, 0.05) is 24.9 Å². The van der Waals surface area contributed by atoms with Crippen molar-refractivity contribution < 1.29 is 9.90 Å². The zero-order valence-corrected chi connectivity index (χ0v) is 9.42. The van der Waals surface area contributed by atoms with Crippen molar-refractivity contribution in [2.75, 3.05) is 0 Å². The van der Waals surface area contributed by atoms with Crippen LogP contribution < -0.4 is 0 Å². The minimum atomic E-state index is -0.960. The maximum atomic E-state index is 11.1. The quantitative estimate of drug-likeness (QED) is 0.830. The Balaban J connectivity index is 2.18. The molecule has 2 heterocycles. The second kappa shape index (κ2) is 3.44. The largest absolute Gasteiger partial charge is 0.476 e. The molecule has 6 heteroatoms. The molecule has 0 aliphatic heterocycles. The SMILES string of the molecule is Cn1ccc(-n2nc(C(=O)O)c3c2CCC3)n1. The fraction of sp³-hybridized carbons (Fsp3) is 0.364. The lowest BCUT2D eigenvalue weighted by Gasteiger charge is -1.99. The monoisotopic (exact) mass is 232 g/mol. The average molecular weight is 232 g/mol. The van der Waals surface area contributed by atoms with Crippen LogP contribution in [-0.4, -0.2) is 30.6 Å². The summed E-state index contributed by atoms with van der Waals surface area (Å²) in [5, 5.41) is 17.5. The molecule has 6 nitrogen and oxygen atoms in total. The van der Waals surface area contributed by atoms with E-state index in [-0.39, 0.29) is 5.69 Å². The summed E-state index contributed by atoms with van der Waals surface area (Å²) in [6.45, 7) is 0. The Hall–Kier alpha value is -2.11. The molecule has 0 atom stereocenters. The van der Waals surface area contributed by atoms with E-state index in [0.29, 0.717) is 5.82 Å². The van der Waals surface area contributed by atoms with Gasteiger partial charge in [0.15, 0.2) is 11.5 Å². The smallest absolute Gasteiger partial charge is 0.356 e. The van der Waals surface area contributed by atoms with Crippen molar-refractivity contribution in [1.29, 1.82) is 0 Å². The van der Waals surface area contributed by atoms with E-state index in [2.05, 4.69) is 10.2 Å². The second-order valence-corrected chi connectivity index (χ2v) is 4.19. The van der Waals surface area contributed by atoms with Crippen molar-refractivity contribution in [3.8, 4) is 5.82 Å². The number of aryl methyl sites for hydroxylation is 1. The first-order valence-corrected chi connectivity index (χ1v) is 5.51. The molecule has 3 rings (SSSR count). The fourth-order valence-electron chi connectivity index (χ4n) is 2.31. The molecule has 1 N–H and O–H groups in total. The summed E-state index contributed by atoms with van der Waals surface area (Å²) < 4.78 is 3.34. The van der Waals surface area contributed by atoms with E-state index in [0.717, 1.165) is 30.5 Å². The van der Waals surface area contributed by atoms with E-state index in [1.165, 1.54) is 0 Å². The highest BCUT2D eigenvalue weighted by atomic mass is 16.4. The van der Waals surface area contributed by atoms with Crippen LogP contribution in [0.3, 0.4) is 0 Å². The Labute approximate surface area is 97.5 Å². The number of fused-ring (bicyclic) bond motifs is 1. The van der Waals surface area contributed by atoms with Gasteiger partial charge in [-0.1, -0.05) is 0 Å². The third kappa shape index (κ3) is 1.44. The molecule has 0 fully saturated rings. The first-order chi connectivity index (χ1) is 8.16. The highest BCUT2D eigenvalue weighted by molar-refractivity contribution is 5.87. The Bertz CT molecular complexity index is 597. The molecule has 1 aliphatic rings. The number of nitrogens with zero attached hydrogens (tertiary/aromatic N) is 4. The minimum Gasteiger partial charge on any atom is -0.476 e. The van der Waals surface area contributed by atoms with E-state index < -0.39 is 5.97 Å². The molecule has 2 aromatic heterocycles. The van der Waals surface area contributed by atoms with Gasteiger partial charge in [0.2, 0.25) is 0 Å². The first-order valence-electron chi connectivity index (χ1n) is 5.51. The minimum absolute atomic E-state index is 0.170. The van der Waals surface area contributed by atoms with Crippen LogP contribution in [0.4, 0.5) is 0 Å². The zero-order chi connectivity index (χ0) is 12.0. The molecule has 0 unspecified atom stereocenters.